The maximum absolute atomic E-state index is 14.1. The summed E-state index contributed by atoms with van der Waals surface area (Å²) in [5, 5.41) is 1.46. The number of halogens is 3. The molecule has 0 N–H and O–H groups in total. The van der Waals surface area contributed by atoms with Gasteiger partial charge in [0.15, 0.2) is 16.3 Å². The minimum Gasteiger partial charge on any atom is -0.493 e. The van der Waals surface area contributed by atoms with E-state index < -0.39 is 12.0 Å². The molecule has 12 heteroatoms. The molecule has 0 amide bonds. The van der Waals surface area contributed by atoms with Gasteiger partial charge in [-0.2, -0.15) is 0 Å². The van der Waals surface area contributed by atoms with Crippen molar-refractivity contribution in [1.29, 1.82) is 0 Å². The Morgan fingerprint density at radius 2 is 1.68 bits per heavy atom. The Balaban J connectivity index is 1.64. The summed E-state index contributed by atoms with van der Waals surface area (Å²) in [4.78, 5) is 32.4. The molecule has 0 spiro atoms. The van der Waals surface area contributed by atoms with Crippen LogP contribution in [0, 0.1) is 0 Å². The van der Waals surface area contributed by atoms with E-state index >= 15 is 0 Å². The SMILES string of the molecule is CCOC(=O)C1=C(C)N=c2s/c(=C\c3cc(Cl)ccc3OCc3ccc(Cl)cc3Cl)c(=O)n2[C@H]1c1ccc(OC)c(OC)c1. The van der Waals surface area contributed by atoms with Crippen molar-refractivity contribution in [3.05, 3.63) is 117 Å². The molecule has 0 saturated carbocycles. The second kappa shape index (κ2) is 13.5. The van der Waals surface area contributed by atoms with Crippen LogP contribution in [0.1, 0.15) is 36.6 Å². The first-order valence-corrected chi connectivity index (χ1v) is 15.4. The number of allylic oxidation sites excluding steroid dienone is 1. The Bertz CT molecular complexity index is 1970. The number of fused-ring (bicyclic) bond motifs is 1. The van der Waals surface area contributed by atoms with Crippen LogP contribution in [0.15, 0.2) is 75.7 Å². The summed E-state index contributed by atoms with van der Waals surface area (Å²) in [5.41, 5.74) is 2.30. The highest BCUT2D eigenvalue weighted by atomic mass is 35.5. The van der Waals surface area contributed by atoms with Crippen molar-refractivity contribution >= 4 is 58.2 Å². The fraction of sp³-hybridized carbons (Fsp3) is 0.219. The monoisotopic (exact) mass is 672 g/mol. The first kappa shape index (κ1) is 31.7. The Morgan fingerprint density at radius 1 is 0.977 bits per heavy atom. The third-order valence-electron chi connectivity index (χ3n) is 6.90. The minimum absolute atomic E-state index is 0.164. The highest BCUT2D eigenvalue weighted by Crippen LogP contribution is 2.36. The molecule has 0 fully saturated rings. The maximum atomic E-state index is 14.1. The lowest BCUT2D eigenvalue weighted by Crippen LogP contribution is -2.40. The first-order chi connectivity index (χ1) is 21.1. The normalized spacial score (nSPS) is 14.6. The van der Waals surface area contributed by atoms with Crippen LogP contribution in [-0.4, -0.2) is 31.4 Å². The van der Waals surface area contributed by atoms with E-state index in [1.807, 2.05) is 0 Å². The van der Waals surface area contributed by atoms with Crippen molar-refractivity contribution in [2.45, 2.75) is 26.5 Å². The highest BCUT2D eigenvalue weighted by molar-refractivity contribution is 7.07. The van der Waals surface area contributed by atoms with Crippen LogP contribution in [0.25, 0.3) is 6.08 Å². The second-order valence-electron chi connectivity index (χ2n) is 9.62. The summed E-state index contributed by atoms with van der Waals surface area (Å²) in [6.45, 7) is 3.78. The molecule has 0 unspecified atom stereocenters. The minimum atomic E-state index is -0.825. The van der Waals surface area contributed by atoms with Crippen molar-refractivity contribution < 1.29 is 23.7 Å². The Labute approximate surface area is 272 Å². The summed E-state index contributed by atoms with van der Waals surface area (Å²) in [5.74, 6) is 0.891. The molecule has 1 aliphatic rings. The van der Waals surface area contributed by atoms with Crippen molar-refractivity contribution in [1.82, 2.24) is 4.57 Å². The first-order valence-electron chi connectivity index (χ1n) is 13.4. The number of nitrogens with zero attached hydrogens (tertiary/aromatic N) is 2. The smallest absolute Gasteiger partial charge is 0.338 e. The lowest BCUT2D eigenvalue weighted by Gasteiger charge is -2.25. The van der Waals surface area contributed by atoms with E-state index in [9.17, 15) is 9.59 Å². The van der Waals surface area contributed by atoms with Crippen LogP contribution in [-0.2, 0) is 16.1 Å². The standard InChI is InChI=1S/C32H27Cl3N2O6S/c1-5-42-31(39)28-17(2)36-32-37(29(28)18-7-10-25(40-3)26(13-18)41-4)30(38)27(44-32)14-20-12-21(33)9-11-24(20)43-16-19-6-8-22(34)15-23(19)35/h6-15,29H,5,16H2,1-4H3/b27-14-/t29-/m0/s1. The van der Waals surface area contributed by atoms with Gasteiger partial charge in [-0.25, -0.2) is 9.79 Å². The largest absolute Gasteiger partial charge is 0.493 e. The quantitative estimate of drug-likeness (QED) is 0.192. The zero-order chi connectivity index (χ0) is 31.5. The number of aromatic nitrogens is 1. The van der Waals surface area contributed by atoms with Gasteiger partial charge in [-0.3, -0.25) is 9.36 Å². The number of carbonyl (C=O) groups is 1. The van der Waals surface area contributed by atoms with Gasteiger partial charge in [-0.15, -0.1) is 0 Å². The lowest BCUT2D eigenvalue weighted by atomic mass is 9.95. The van der Waals surface area contributed by atoms with Gasteiger partial charge in [0, 0.05) is 26.2 Å². The number of hydrogen-bond donors (Lipinski definition) is 0. The average molecular weight is 674 g/mol. The predicted molar refractivity (Wildman–Crippen MR) is 172 cm³/mol. The summed E-state index contributed by atoms with van der Waals surface area (Å²) in [6.07, 6.45) is 1.70. The van der Waals surface area contributed by atoms with Crippen LogP contribution in [0.5, 0.6) is 17.2 Å². The molecule has 0 radical (unpaired) electrons. The van der Waals surface area contributed by atoms with Crippen LogP contribution in [0.4, 0.5) is 0 Å². The van der Waals surface area contributed by atoms with Gasteiger partial charge in [0.25, 0.3) is 5.56 Å². The molecular weight excluding hydrogens is 647 g/mol. The highest BCUT2D eigenvalue weighted by Gasteiger charge is 2.34. The maximum Gasteiger partial charge on any atom is 0.338 e. The summed E-state index contributed by atoms with van der Waals surface area (Å²) >= 11 is 19.9. The molecule has 2 heterocycles. The third-order valence-corrected chi connectivity index (χ3v) is 8.70. The molecule has 0 bridgehead atoms. The van der Waals surface area contributed by atoms with E-state index in [1.165, 1.54) is 30.1 Å². The van der Waals surface area contributed by atoms with Gasteiger partial charge in [-0.1, -0.05) is 58.3 Å². The molecular formula is C32H27Cl3N2O6S. The molecule has 4 aromatic rings. The zero-order valence-electron chi connectivity index (χ0n) is 24.2. The predicted octanol–water partition coefficient (Wildman–Crippen LogP) is 6.35. The van der Waals surface area contributed by atoms with Gasteiger partial charge in [0.1, 0.15) is 12.4 Å². The molecule has 228 valence electrons. The summed E-state index contributed by atoms with van der Waals surface area (Å²) < 4.78 is 24.3. The number of hydrogen-bond acceptors (Lipinski definition) is 8. The summed E-state index contributed by atoms with van der Waals surface area (Å²) in [7, 11) is 3.05. The van der Waals surface area contributed by atoms with Crippen LogP contribution in [0.3, 0.4) is 0 Å². The van der Waals surface area contributed by atoms with E-state index in [0.717, 1.165) is 5.56 Å². The van der Waals surface area contributed by atoms with Crippen molar-refractivity contribution in [3.63, 3.8) is 0 Å². The van der Waals surface area contributed by atoms with Gasteiger partial charge >= 0.3 is 5.97 Å². The molecule has 1 aromatic heterocycles. The fourth-order valence-corrected chi connectivity index (χ4v) is 6.51. The van der Waals surface area contributed by atoms with E-state index in [0.29, 0.717) is 58.5 Å². The molecule has 8 nitrogen and oxygen atoms in total. The number of ether oxygens (including phenoxy) is 4. The molecule has 0 aliphatic carbocycles. The molecule has 1 aliphatic heterocycles. The zero-order valence-corrected chi connectivity index (χ0v) is 27.2. The Hall–Kier alpha value is -3.76. The number of carbonyl (C=O) groups excluding carboxylic acids is 1. The fourth-order valence-electron chi connectivity index (χ4n) is 4.83. The molecule has 5 rings (SSSR count). The number of rotatable bonds is 9. The van der Waals surface area contributed by atoms with Gasteiger partial charge in [-0.05, 0) is 68.0 Å². The molecule has 3 aromatic carbocycles. The number of thiazole rings is 1. The van der Waals surface area contributed by atoms with Crippen LogP contribution < -0.4 is 29.1 Å². The topological polar surface area (TPSA) is 88.4 Å². The second-order valence-corrected chi connectivity index (χ2v) is 11.9. The van der Waals surface area contributed by atoms with E-state index in [4.69, 9.17) is 53.8 Å². The molecule has 0 saturated heterocycles. The van der Waals surface area contributed by atoms with E-state index in [1.54, 1.807) is 74.5 Å². The summed E-state index contributed by atoms with van der Waals surface area (Å²) in [6, 6.07) is 14.7. The number of benzene rings is 3. The Kier molecular flexibility index (Phi) is 9.70. The third kappa shape index (κ3) is 6.37. The van der Waals surface area contributed by atoms with Crippen molar-refractivity contribution in [2.24, 2.45) is 4.99 Å². The van der Waals surface area contributed by atoms with E-state index in [-0.39, 0.29) is 24.3 Å². The number of esters is 1. The van der Waals surface area contributed by atoms with E-state index in [2.05, 4.69) is 4.99 Å². The Morgan fingerprint density at radius 3 is 2.39 bits per heavy atom. The van der Waals surface area contributed by atoms with Crippen molar-refractivity contribution in [2.75, 3.05) is 20.8 Å². The number of methoxy groups -OCH3 is 2. The van der Waals surface area contributed by atoms with Crippen molar-refractivity contribution in [3.8, 4) is 17.2 Å². The van der Waals surface area contributed by atoms with Gasteiger partial charge < -0.3 is 18.9 Å². The van der Waals surface area contributed by atoms with Gasteiger partial charge in [0.05, 0.1) is 42.7 Å². The van der Waals surface area contributed by atoms with Crippen LogP contribution >= 0.6 is 46.1 Å². The van der Waals surface area contributed by atoms with Gasteiger partial charge in [0.2, 0.25) is 0 Å². The average Bonchev–Trinajstić information content (AvgIpc) is 3.30. The molecule has 44 heavy (non-hydrogen) atoms. The molecule has 1 atom stereocenters. The van der Waals surface area contributed by atoms with Crippen LogP contribution in [0.2, 0.25) is 15.1 Å². The lowest BCUT2D eigenvalue weighted by molar-refractivity contribution is -0.139.